The Kier molecular flexibility index (Phi) is 4.30. The molecule has 5 heteroatoms. The Balaban J connectivity index is 2.22. The summed E-state index contributed by atoms with van der Waals surface area (Å²) in [6.07, 6.45) is 0.941. The number of benzene rings is 1. The van der Waals surface area contributed by atoms with Crippen LogP contribution in [0.3, 0.4) is 0 Å². The van der Waals surface area contributed by atoms with Crippen molar-refractivity contribution in [3.8, 4) is 0 Å². The van der Waals surface area contributed by atoms with Crippen LogP contribution in [0.4, 0.5) is 11.6 Å². The van der Waals surface area contributed by atoms with E-state index < -0.39 is 0 Å². The topological polar surface area (TPSA) is 77.8 Å². The smallest absolute Gasteiger partial charge is 0.322 e. The molecule has 1 heterocycles. The number of anilines is 1. The standard InChI is InChI=1S/C15H19N5/c1-4-12-7-5-6-8-13(12)19-14(16)20-15-17-10(2)9-11(3)18-15/h5-9H,4H2,1-3H3,(H3,16,17,18,19,20)/p+1. The molecule has 0 radical (unpaired) electrons. The molecular weight excluding hydrogens is 250 g/mol. The Bertz CT molecular complexity index is 614. The van der Waals surface area contributed by atoms with Crippen molar-refractivity contribution in [2.45, 2.75) is 27.2 Å². The van der Waals surface area contributed by atoms with Crippen molar-refractivity contribution in [3.05, 3.63) is 47.3 Å². The largest absolute Gasteiger partial charge is 0.354 e. The molecule has 0 atom stereocenters. The highest BCUT2D eigenvalue weighted by atomic mass is 15.2. The number of nitrogens with two attached hydrogens (primary N) is 1. The second-order valence-corrected chi connectivity index (χ2v) is 4.65. The molecule has 0 spiro atoms. The lowest BCUT2D eigenvalue weighted by atomic mass is 10.1. The molecule has 0 aliphatic rings. The summed E-state index contributed by atoms with van der Waals surface area (Å²) in [4.78, 5) is 11.6. The van der Waals surface area contributed by atoms with E-state index in [1.165, 1.54) is 5.56 Å². The van der Waals surface area contributed by atoms with Gasteiger partial charge in [-0.05, 0) is 31.9 Å². The van der Waals surface area contributed by atoms with Gasteiger partial charge in [0.1, 0.15) is 0 Å². The molecule has 2 rings (SSSR count). The van der Waals surface area contributed by atoms with E-state index in [1.54, 1.807) is 0 Å². The van der Waals surface area contributed by atoms with Crippen molar-refractivity contribution in [1.29, 1.82) is 0 Å². The van der Waals surface area contributed by atoms with Crippen LogP contribution >= 0.6 is 0 Å². The van der Waals surface area contributed by atoms with Crippen molar-refractivity contribution in [3.63, 3.8) is 0 Å². The summed E-state index contributed by atoms with van der Waals surface area (Å²) >= 11 is 0. The average Bonchev–Trinajstić information content (AvgIpc) is 2.37. The summed E-state index contributed by atoms with van der Waals surface area (Å²) in [7, 11) is 0. The Morgan fingerprint density at radius 1 is 1.20 bits per heavy atom. The molecule has 1 aromatic carbocycles. The van der Waals surface area contributed by atoms with Crippen molar-refractivity contribution in [2.75, 3.05) is 5.32 Å². The van der Waals surface area contributed by atoms with Crippen LogP contribution in [0.2, 0.25) is 0 Å². The number of hydrogen-bond donors (Lipinski definition) is 3. The van der Waals surface area contributed by atoms with Gasteiger partial charge in [0.25, 0.3) is 5.96 Å². The van der Waals surface area contributed by atoms with Crippen molar-refractivity contribution < 1.29 is 4.99 Å². The molecule has 0 amide bonds. The predicted molar refractivity (Wildman–Crippen MR) is 80.8 cm³/mol. The third kappa shape index (κ3) is 3.54. The fourth-order valence-electron chi connectivity index (χ4n) is 2.03. The van der Waals surface area contributed by atoms with Crippen LogP contribution in [0.15, 0.2) is 30.3 Å². The first-order valence-corrected chi connectivity index (χ1v) is 6.65. The molecule has 0 aliphatic heterocycles. The van der Waals surface area contributed by atoms with E-state index in [4.69, 9.17) is 5.73 Å². The molecule has 5 nitrogen and oxygen atoms in total. The summed E-state index contributed by atoms with van der Waals surface area (Å²) in [5.74, 6) is 0.914. The van der Waals surface area contributed by atoms with E-state index in [1.807, 2.05) is 38.1 Å². The number of aryl methyl sites for hydroxylation is 3. The van der Waals surface area contributed by atoms with Crippen LogP contribution in [-0.4, -0.2) is 15.9 Å². The molecule has 20 heavy (non-hydrogen) atoms. The van der Waals surface area contributed by atoms with Crippen LogP contribution in [0.1, 0.15) is 23.9 Å². The summed E-state index contributed by atoms with van der Waals surface area (Å²) in [6, 6.07) is 9.97. The van der Waals surface area contributed by atoms with Gasteiger partial charge in [-0.25, -0.2) is 4.99 Å². The minimum absolute atomic E-state index is 0.413. The highest BCUT2D eigenvalue weighted by molar-refractivity contribution is 5.89. The predicted octanol–water partition coefficient (Wildman–Crippen LogP) is 0.795. The lowest BCUT2D eigenvalue weighted by Crippen LogP contribution is -2.72. The Morgan fingerprint density at radius 2 is 1.85 bits per heavy atom. The number of aromatic nitrogens is 2. The van der Waals surface area contributed by atoms with Gasteiger partial charge in [-0.2, -0.15) is 0 Å². The maximum atomic E-state index is 5.98. The number of para-hydroxylation sites is 1. The normalized spacial score (nSPS) is 11.4. The van der Waals surface area contributed by atoms with Gasteiger partial charge in [-0.3, -0.25) is 5.32 Å². The van der Waals surface area contributed by atoms with Gasteiger partial charge in [0, 0.05) is 6.07 Å². The highest BCUT2D eigenvalue weighted by Gasteiger charge is 2.07. The Labute approximate surface area is 119 Å². The van der Waals surface area contributed by atoms with Crippen LogP contribution in [0.25, 0.3) is 0 Å². The summed E-state index contributed by atoms with van der Waals surface area (Å²) in [5.41, 5.74) is 9.98. The maximum Gasteiger partial charge on any atom is 0.354 e. The fraction of sp³-hybridized carbons (Fsp3) is 0.267. The van der Waals surface area contributed by atoms with Crippen LogP contribution in [0.5, 0.6) is 0 Å². The second kappa shape index (κ2) is 6.14. The summed E-state index contributed by atoms with van der Waals surface area (Å²) in [6.45, 7) is 5.96. The van der Waals surface area contributed by atoms with Gasteiger partial charge >= 0.3 is 5.95 Å². The van der Waals surface area contributed by atoms with Gasteiger partial charge < -0.3 is 5.73 Å². The van der Waals surface area contributed by atoms with Gasteiger partial charge in [-0.15, -0.1) is 9.97 Å². The lowest BCUT2D eigenvalue weighted by molar-refractivity contribution is -0.365. The lowest BCUT2D eigenvalue weighted by Gasteiger charge is -2.06. The van der Waals surface area contributed by atoms with Crippen molar-refractivity contribution in [2.24, 2.45) is 5.73 Å². The molecule has 0 saturated heterocycles. The van der Waals surface area contributed by atoms with Crippen molar-refractivity contribution in [1.82, 2.24) is 9.97 Å². The Hall–Kier alpha value is -2.43. The monoisotopic (exact) mass is 270 g/mol. The van der Waals surface area contributed by atoms with Gasteiger partial charge in [0.15, 0.2) is 0 Å². The zero-order chi connectivity index (χ0) is 14.5. The van der Waals surface area contributed by atoms with E-state index in [-0.39, 0.29) is 0 Å². The molecule has 0 saturated carbocycles. The minimum Gasteiger partial charge on any atom is -0.322 e. The van der Waals surface area contributed by atoms with Gasteiger partial charge in [-0.1, -0.05) is 25.1 Å². The van der Waals surface area contributed by atoms with Gasteiger partial charge in [0.05, 0.1) is 17.1 Å². The average molecular weight is 270 g/mol. The number of nitrogens with zero attached hydrogens (tertiary/aromatic N) is 2. The van der Waals surface area contributed by atoms with E-state index in [0.29, 0.717) is 11.9 Å². The fourth-order valence-corrected chi connectivity index (χ4v) is 2.03. The van der Waals surface area contributed by atoms with Crippen molar-refractivity contribution >= 4 is 17.6 Å². The first-order valence-electron chi connectivity index (χ1n) is 6.65. The SMILES string of the molecule is CCc1ccccc1NC(N)=[NH+]c1nc(C)cc(C)n1. The molecular formula is C15H20N5+. The molecule has 0 bridgehead atoms. The first-order chi connectivity index (χ1) is 9.58. The molecule has 0 aliphatic carbocycles. The number of nitrogens with one attached hydrogen (secondary N) is 2. The summed E-state index contributed by atoms with van der Waals surface area (Å²) < 4.78 is 0. The zero-order valence-electron chi connectivity index (χ0n) is 12.1. The van der Waals surface area contributed by atoms with E-state index >= 15 is 0 Å². The second-order valence-electron chi connectivity index (χ2n) is 4.65. The molecule has 2 aromatic rings. The third-order valence-electron chi connectivity index (χ3n) is 2.90. The van der Waals surface area contributed by atoms with Gasteiger partial charge in [0.2, 0.25) is 0 Å². The number of hydrogen-bond acceptors (Lipinski definition) is 2. The molecule has 0 fully saturated rings. The quantitative estimate of drug-likeness (QED) is 0.569. The zero-order valence-corrected chi connectivity index (χ0v) is 12.1. The summed E-state index contributed by atoms with van der Waals surface area (Å²) in [5, 5.41) is 3.15. The number of rotatable bonds is 3. The molecule has 1 aromatic heterocycles. The minimum atomic E-state index is 0.413. The molecule has 104 valence electrons. The van der Waals surface area contributed by atoms with E-state index in [2.05, 4.69) is 33.3 Å². The number of guanidine groups is 1. The third-order valence-corrected chi connectivity index (χ3v) is 2.90. The van der Waals surface area contributed by atoms with Crippen LogP contribution < -0.4 is 16.0 Å². The Morgan fingerprint density at radius 3 is 2.50 bits per heavy atom. The molecule has 4 N–H and O–H groups in total. The highest BCUT2D eigenvalue weighted by Crippen LogP contribution is 2.14. The first kappa shape index (κ1) is 14.0. The van der Waals surface area contributed by atoms with Crippen LogP contribution in [-0.2, 0) is 6.42 Å². The van der Waals surface area contributed by atoms with E-state index in [0.717, 1.165) is 23.5 Å². The van der Waals surface area contributed by atoms with Crippen LogP contribution in [0, 0.1) is 13.8 Å². The van der Waals surface area contributed by atoms with E-state index in [9.17, 15) is 0 Å². The molecule has 0 unspecified atom stereocenters. The maximum absolute atomic E-state index is 5.98.